The summed E-state index contributed by atoms with van der Waals surface area (Å²) in [5, 5.41) is 0. The zero-order valence-corrected chi connectivity index (χ0v) is 16.9. The minimum Gasteiger partial charge on any atom is -0.440 e. The number of sulfonamides is 1. The first-order valence-corrected chi connectivity index (χ1v) is 11.4. The molecule has 7 nitrogen and oxygen atoms in total. The van der Waals surface area contributed by atoms with Crippen LogP contribution in [-0.4, -0.2) is 49.6 Å². The van der Waals surface area contributed by atoms with Gasteiger partial charge in [-0.05, 0) is 24.1 Å². The van der Waals surface area contributed by atoms with Crippen LogP contribution in [0.5, 0.6) is 0 Å². The topological polar surface area (TPSA) is 92.5 Å². The molecular formula is C21H23N3O4S. The monoisotopic (exact) mass is 413 g/mol. The molecule has 0 radical (unpaired) electrons. The van der Waals surface area contributed by atoms with E-state index in [1.165, 1.54) is 0 Å². The second kappa shape index (κ2) is 7.96. The molecule has 4 rings (SSSR count). The van der Waals surface area contributed by atoms with Gasteiger partial charge in [-0.3, -0.25) is 4.79 Å². The number of aromatic nitrogens is 1. The van der Waals surface area contributed by atoms with E-state index in [-0.39, 0.29) is 24.3 Å². The smallest absolute Gasteiger partial charge is 0.231 e. The van der Waals surface area contributed by atoms with Crippen LogP contribution in [0.1, 0.15) is 23.8 Å². The summed E-state index contributed by atoms with van der Waals surface area (Å²) in [5.41, 5.74) is 2.43. The van der Waals surface area contributed by atoms with Gasteiger partial charge in [-0.25, -0.2) is 18.1 Å². The number of nitrogens with zero attached hydrogens (tertiary/aromatic N) is 2. The summed E-state index contributed by atoms with van der Waals surface area (Å²) in [6, 6.07) is 16.8. The van der Waals surface area contributed by atoms with Crippen LogP contribution in [0.15, 0.2) is 59.0 Å². The van der Waals surface area contributed by atoms with Gasteiger partial charge in [0, 0.05) is 25.0 Å². The van der Waals surface area contributed by atoms with Crippen LogP contribution in [0, 0.1) is 0 Å². The second-order valence-corrected chi connectivity index (χ2v) is 9.17. The van der Waals surface area contributed by atoms with Gasteiger partial charge < -0.3 is 9.32 Å². The zero-order valence-electron chi connectivity index (χ0n) is 16.1. The molecule has 0 bridgehead atoms. The fourth-order valence-electron chi connectivity index (χ4n) is 3.91. The van der Waals surface area contributed by atoms with Gasteiger partial charge in [-0.2, -0.15) is 0 Å². The van der Waals surface area contributed by atoms with E-state index >= 15 is 0 Å². The second-order valence-electron chi connectivity index (χ2n) is 7.39. The van der Waals surface area contributed by atoms with Crippen molar-refractivity contribution in [1.82, 2.24) is 14.6 Å². The van der Waals surface area contributed by atoms with Gasteiger partial charge in [0.15, 0.2) is 5.58 Å². The average Bonchev–Trinajstić information content (AvgIpc) is 3.09. The fourth-order valence-corrected chi connectivity index (χ4v) is 4.70. The Morgan fingerprint density at radius 1 is 1.17 bits per heavy atom. The number of fused-ring (bicyclic) bond motifs is 1. The summed E-state index contributed by atoms with van der Waals surface area (Å²) >= 11 is 0. The molecule has 1 N–H and O–H groups in total. The van der Waals surface area contributed by atoms with Crippen LogP contribution in [0.4, 0.5) is 0 Å². The highest BCUT2D eigenvalue weighted by molar-refractivity contribution is 7.88. The molecule has 8 heteroatoms. The number of amides is 1. The Hall–Kier alpha value is -2.71. The number of carbonyl (C=O) groups is 1. The molecule has 152 valence electrons. The standard InChI is InChI=1S/C21H23N3O4S/c1-29(26,27)23-18-14-24(12-11-16(18)15-7-3-2-4-8-15)21(25)13-20-22-17-9-5-6-10-19(17)28-20/h2-10,16,18,23H,11-14H2,1H3/t16-,18-/m0/s1. The molecule has 29 heavy (non-hydrogen) atoms. The minimum absolute atomic E-state index is 0.0132. The van der Waals surface area contributed by atoms with Crippen LogP contribution < -0.4 is 4.72 Å². The molecule has 0 unspecified atom stereocenters. The molecule has 0 spiro atoms. The summed E-state index contributed by atoms with van der Waals surface area (Å²) in [7, 11) is -3.41. The number of nitrogens with one attached hydrogen (secondary N) is 1. The van der Waals surface area contributed by atoms with Gasteiger partial charge in [0.2, 0.25) is 21.8 Å². The summed E-state index contributed by atoms with van der Waals surface area (Å²) in [4.78, 5) is 18.9. The molecule has 1 amide bonds. The highest BCUT2D eigenvalue weighted by Gasteiger charge is 2.34. The van der Waals surface area contributed by atoms with E-state index in [1.807, 2.05) is 54.6 Å². The number of piperidine rings is 1. The maximum absolute atomic E-state index is 12.8. The van der Waals surface area contributed by atoms with Gasteiger partial charge in [-0.1, -0.05) is 42.5 Å². The first kappa shape index (κ1) is 19.6. The lowest BCUT2D eigenvalue weighted by Crippen LogP contribution is -2.53. The van der Waals surface area contributed by atoms with Crippen LogP contribution >= 0.6 is 0 Å². The molecule has 3 aromatic rings. The van der Waals surface area contributed by atoms with Crippen molar-refractivity contribution in [2.24, 2.45) is 0 Å². The third-order valence-electron chi connectivity index (χ3n) is 5.20. The zero-order chi connectivity index (χ0) is 20.4. The number of para-hydroxylation sites is 2. The molecule has 1 aliphatic heterocycles. The third kappa shape index (κ3) is 4.65. The van der Waals surface area contributed by atoms with E-state index in [4.69, 9.17) is 4.42 Å². The largest absolute Gasteiger partial charge is 0.440 e. The van der Waals surface area contributed by atoms with Crippen molar-refractivity contribution in [3.63, 3.8) is 0 Å². The van der Waals surface area contributed by atoms with Crippen LogP contribution in [0.2, 0.25) is 0 Å². The van der Waals surface area contributed by atoms with E-state index in [1.54, 1.807) is 4.90 Å². The van der Waals surface area contributed by atoms with E-state index < -0.39 is 10.0 Å². The number of benzene rings is 2. The lowest BCUT2D eigenvalue weighted by Gasteiger charge is -2.38. The molecule has 2 aromatic carbocycles. The molecule has 1 saturated heterocycles. The van der Waals surface area contributed by atoms with Gasteiger partial charge in [0.25, 0.3) is 0 Å². The van der Waals surface area contributed by atoms with Crippen molar-refractivity contribution in [2.45, 2.75) is 24.8 Å². The Bertz CT molecular complexity index is 1080. The van der Waals surface area contributed by atoms with E-state index in [2.05, 4.69) is 9.71 Å². The van der Waals surface area contributed by atoms with Crippen molar-refractivity contribution >= 4 is 27.0 Å². The first-order valence-electron chi connectivity index (χ1n) is 9.53. The maximum Gasteiger partial charge on any atom is 0.231 e. The summed E-state index contributed by atoms with van der Waals surface area (Å²) in [5.74, 6) is 0.261. The Morgan fingerprint density at radius 2 is 1.90 bits per heavy atom. The average molecular weight is 413 g/mol. The van der Waals surface area contributed by atoms with Crippen molar-refractivity contribution < 1.29 is 17.6 Å². The summed E-state index contributed by atoms with van der Waals surface area (Å²) in [6.07, 6.45) is 1.88. The summed E-state index contributed by atoms with van der Waals surface area (Å²) in [6.45, 7) is 0.867. The Balaban J connectivity index is 1.50. The van der Waals surface area contributed by atoms with Crippen LogP contribution in [0.25, 0.3) is 11.1 Å². The number of oxazole rings is 1. The molecule has 1 aliphatic rings. The van der Waals surface area contributed by atoms with Crippen LogP contribution in [0.3, 0.4) is 0 Å². The molecule has 0 aliphatic carbocycles. The van der Waals surface area contributed by atoms with Crippen molar-refractivity contribution in [1.29, 1.82) is 0 Å². The molecule has 1 fully saturated rings. The maximum atomic E-state index is 12.8. The van der Waals surface area contributed by atoms with Gasteiger partial charge in [0.05, 0.1) is 6.26 Å². The number of hydrogen-bond acceptors (Lipinski definition) is 5. The van der Waals surface area contributed by atoms with Crippen molar-refractivity contribution in [3.8, 4) is 0 Å². The Labute approximate surface area is 169 Å². The van der Waals surface area contributed by atoms with Crippen molar-refractivity contribution in [3.05, 3.63) is 66.1 Å². The number of hydrogen-bond donors (Lipinski definition) is 1. The fraction of sp³-hybridized carbons (Fsp3) is 0.333. The Morgan fingerprint density at radius 3 is 2.62 bits per heavy atom. The minimum atomic E-state index is -3.41. The molecule has 1 aromatic heterocycles. The molecular weight excluding hydrogens is 390 g/mol. The van der Waals surface area contributed by atoms with E-state index in [0.29, 0.717) is 31.0 Å². The van der Waals surface area contributed by atoms with Gasteiger partial charge in [0.1, 0.15) is 11.9 Å². The first-order chi connectivity index (χ1) is 13.9. The molecule has 0 saturated carbocycles. The predicted molar refractivity (Wildman–Crippen MR) is 110 cm³/mol. The predicted octanol–water partition coefficient (Wildman–Crippen LogP) is 2.30. The van der Waals surface area contributed by atoms with Gasteiger partial charge in [-0.15, -0.1) is 0 Å². The van der Waals surface area contributed by atoms with E-state index in [9.17, 15) is 13.2 Å². The lowest BCUT2D eigenvalue weighted by atomic mass is 9.85. The number of rotatable bonds is 5. The number of carbonyl (C=O) groups excluding carboxylic acids is 1. The number of likely N-dealkylation sites (tertiary alicyclic amines) is 1. The quantitative estimate of drug-likeness (QED) is 0.693. The van der Waals surface area contributed by atoms with Gasteiger partial charge >= 0.3 is 0 Å². The van der Waals surface area contributed by atoms with Crippen LogP contribution in [-0.2, 0) is 21.2 Å². The highest BCUT2D eigenvalue weighted by Crippen LogP contribution is 2.29. The van der Waals surface area contributed by atoms with E-state index in [0.717, 1.165) is 17.3 Å². The normalized spacial score (nSPS) is 20.1. The Kier molecular flexibility index (Phi) is 5.38. The lowest BCUT2D eigenvalue weighted by molar-refractivity contribution is -0.132. The van der Waals surface area contributed by atoms with Crippen molar-refractivity contribution in [2.75, 3.05) is 19.3 Å². The molecule has 2 heterocycles. The molecule has 2 atom stereocenters. The SMILES string of the molecule is CS(=O)(=O)N[C@H]1CN(C(=O)Cc2nc3ccccc3o2)CC[C@H]1c1ccccc1. The summed E-state index contributed by atoms with van der Waals surface area (Å²) < 4.78 is 32.2. The highest BCUT2D eigenvalue weighted by atomic mass is 32.2. The third-order valence-corrected chi connectivity index (χ3v) is 5.93.